The average molecular weight is 627 g/mol. The number of benzene rings is 7. The predicted octanol–water partition coefficient (Wildman–Crippen LogP) is 11.3. The first-order valence-electron chi connectivity index (χ1n) is 16.4. The van der Waals surface area contributed by atoms with Crippen molar-refractivity contribution in [3.8, 4) is 28.7 Å². The largest absolute Gasteiger partial charge is 0.456 e. The van der Waals surface area contributed by atoms with Crippen LogP contribution in [0.2, 0.25) is 0 Å². The first-order valence-corrected chi connectivity index (χ1v) is 16.4. The Bertz CT molecular complexity index is 3210. The first-order chi connectivity index (χ1) is 24.3. The fraction of sp³-hybridized carbons (Fsp3) is 0. The lowest BCUT2D eigenvalue weighted by atomic mass is 9.93. The van der Waals surface area contributed by atoms with Crippen molar-refractivity contribution >= 4 is 87.2 Å². The highest BCUT2D eigenvalue weighted by atomic mass is 16.3. The Morgan fingerprint density at radius 1 is 0.388 bits per heavy atom. The van der Waals surface area contributed by atoms with Crippen LogP contribution in [-0.4, -0.2) is 19.5 Å². The SMILES string of the molecule is c1ccc(-c2nc(-c3ccccc3)nc(-n3c4ccc5oc6cccc7c8cccc9oc%10c%11ccccc%11c3c(c%10c98)c4c5c67)n2)cc1. The molecule has 0 N–H and O–H groups in total. The fourth-order valence-corrected chi connectivity index (χ4v) is 8.21. The summed E-state index contributed by atoms with van der Waals surface area (Å²) in [6, 6.07) is 45.7. The molecule has 0 aliphatic carbocycles. The van der Waals surface area contributed by atoms with Gasteiger partial charge in [-0.05, 0) is 35.0 Å². The summed E-state index contributed by atoms with van der Waals surface area (Å²) in [4.78, 5) is 15.5. The van der Waals surface area contributed by atoms with Crippen molar-refractivity contribution in [1.82, 2.24) is 19.5 Å². The molecule has 0 spiro atoms. The molecule has 12 rings (SSSR count). The standard InChI is InChI=1S/C43H22N4O2/c1-3-11-23(12-4-1)41-44-42(24-13-5-2-6-14-24)46-43(45-41)47-29-21-22-32-36-33-25(17-9-19-30(33)48-32)26-18-10-20-31-34(26)38-37(35(29)36)39(47)27-15-7-8-16-28(27)40(38)49-31/h1-22H. The van der Waals surface area contributed by atoms with E-state index in [9.17, 15) is 0 Å². The normalized spacial score (nSPS) is 12.5. The summed E-state index contributed by atoms with van der Waals surface area (Å²) < 4.78 is 15.7. The lowest BCUT2D eigenvalue weighted by molar-refractivity contribution is 0.669. The van der Waals surface area contributed by atoms with Crippen molar-refractivity contribution in [3.63, 3.8) is 0 Å². The summed E-state index contributed by atoms with van der Waals surface area (Å²) in [6.45, 7) is 0. The number of hydrogen-bond donors (Lipinski definition) is 0. The highest BCUT2D eigenvalue weighted by Gasteiger charge is 2.29. The zero-order valence-electron chi connectivity index (χ0n) is 25.8. The van der Waals surface area contributed by atoms with E-state index in [0.717, 1.165) is 98.4 Å². The van der Waals surface area contributed by atoms with E-state index >= 15 is 0 Å². The van der Waals surface area contributed by atoms with Gasteiger partial charge in [-0.2, -0.15) is 9.97 Å². The Kier molecular flexibility index (Phi) is 4.63. The molecule has 4 heterocycles. The second-order valence-corrected chi connectivity index (χ2v) is 12.7. The van der Waals surface area contributed by atoms with E-state index < -0.39 is 0 Å². The number of aromatic nitrogens is 4. The molecule has 226 valence electrons. The van der Waals surface area contributed by atoms with Crippen LogP contribution in [-0.2, 0) is 0 Å². The van der Waals surface area contributed by atoms with Gasteiger partial charge in [0.25, 0.3) is 0 Å². The van der Waals surface area contributed by atoms with Crippen LogP contribution in [0, 0.1) is 0 Å². The molecular formula is C43H22N4O2. The van der Waals surface area contributed by atoms with E-state index in [1.54, 1.807) is 0 Å². The summed E-state index contributed by atoms with van der Waals surface area (Å²) in [5.74, 6) is 1.78. The first kappa shape index (κ1) is 25.3. The van der Waals surface area contributed by atoms with Gasteiger partial charge in [0.15, 0.2) is 11.6 Å². The van der Waals surface area contributed by atoms with Gasteiger partial charge < -0.3 is 8.83 Å². The lowest BCUT2D eigenvalue weighted by Crippen LogP contribution is -2.06. The van der Waals surface area contributed by atoms with Crippen molar-refractivity contribution in [1.29, 1.82) is 0 Å². The molecule has 6 nitrogen and oxygen atoms in total. The van der Waals surface area contributed by atoms with Crippen LogP contribution < -0.4 is 0 Å². The molecule has 6 heteroatoms. The van der Waals surface area contributed by atoms with Crippen molar-refractivity contribution < 1.29 is 8.83 Å². The molecule has 8 aromatic carbocycles. The van der Waals surface area contributed by atoms with E-state index in [-0.39, 0.29) is 0 Å². The molecule has 0 radical (unpaired) electrons. The smallest absolute Gasteiger partial charge is 0.238 e. The number of furan rings is 2. The van der Waals surface area contributed by atoms with Crippen molar-refractivity contribution in [2.45, 2.75) is 0 Å². The average Bonchev–Trinajstić information content (AvgIpc) is 3.84. The minimum absolute atomic E-state index is 0.553. The van der Waals surface area contributed by atoms with Crippen molar-refractivity contribution in [3.05, 3.63) is 133 Å². The zero-order chi connectivity index (χ0) is 31.8. The lowest BCUT2D eigenvalue weighted by Gasteiger charge is -2.12. The van der Waals surface area contributed by atoms with Crippen LogP contribution in [0.4, 0.5) is 0 Å². The summed E-state index contributed by atoms with van der Waals surface area (Å²) >= 11 is 0. The number of hydrogen-bond acceptors (Lipinski definition) is 5. The van der Waals surface area contributed by atoms with Crippen molar-refractivity contribution in [2.75, 3.05) is 0 Å². The van der Waals surface area contributed by atoms with Crippen LogP contribution in [0.15, 0.2) is 142 Å². The molecule has 49 heavy (non-hydrogen) atoms. The number of nitrogens with zero attached hydrogens (tertiary/aromatic N) is 4. The van der Waals surface area contributed by atoms with E-state index in [1.165, 1.54) is 0 Å². The Labute approximate surface area is 277 Å². The predicted molar refractivity (Wildman–Crippen MR) is 197 cm³/mol. The third-order valence-corrected chi connectivity index (χ3v) is 10.2. The van der Waals surface area contributed by atoms with Gasteiger partial charge in [0.05, 0.1) is 11.0 Å². The molecule has 12 aromatic rings. The van der Waals surface area contributed by atoms with Gasteiger partial charge in [0.2, 0.25) is 5.95 Å². The van der Waals surface area contributed by atoms with Crippen molar-refractivity contribution in [2.24, 2.45) is 0 Å². The van der Waals surface area contributed by atoms with E-state index in [1.807, 2.05) is 60.7 Å². The highest BCUT2D eigenvalue weighted by molar-refractivity contribution is 6.45. The van der Waals surface area contributed by atoms with Crippen LogP contribution in [0.25, 0.3) is 116 Å². The molecule has 0 saturated heterocycles. The van der Waals surface area contributed by atoms with Gasteiger partial charge in [-0.3, -0.25) is 4.57 Å². The minimum Gasteiger partial charge on any atom is -0.456 e. The molecule has 4 aromatic heterocycles. The van der Waals surface area contributed by atoms with Gasteiger partial charge >= 0.3 is 0 Å². The Morgan fingerprint density at radius 2 is 0.959 bits per heavy atom. The van der Waals surface area contributed by atoms with Crippen LogP contribution in [0.3, 0.4) is 0 Å². The summed E-state index contributed by atoms with van der Waals surface area (Å²) in [7, 11) is 0. The second-order valence-electron chi connectivity index (χ2n) is 12.7. The zero-order valence-corrected chi connectivity index (χ0v) is 25.8. The minimum atomic E-state index is 0.553. The van der Waals surface area contributed by atoms with E-state index in [2.05, 4.69) is 77.4 Å². The maximum atomic E-state index is 6.84. The third-order valence-electron chi connectivity index (χ3n) is 10.2. The molecule has 0 aliphatic rings. The van der Waals surface area contributed by atoms with Gasteiger partial charge in [-0.1, -0.05) is 109 Å². The summed E-state index contributed by atoms with van der Waals surface area (Å²) in [6.07, 6.45) is 0. The topological polar surface area (TPSA) is 69.9 Å². The Morgan fingerprint density at radius 3 is 1.65 bits per heavy atom. The summed E-state index contributed by atoms with van der Waals surface area (Å²) in [5, 5.41) is 11.0. The fourth-order valence-electron chi connectivity index (χ4n) is 8.21. The molecule has 0 aliphatic heterocycles. The third kappa shape index (κ3) is 3.18. The number of fused-ring (bicyclic) bond motifs is 4. The van der Waals surface area contributed by atoms with Gasteiger partial charge in [0, 0.05) is 54.2 Å². The van der Waals surface area contributed by atoms with Crippen LogP contribution >= 0.6 is 0 Å². The van der Waals surface area contributed by atoms with E-state index in [4.69, 9.17) is 23.8 Å². The van der Waals surface area contributed by atoms with Gasteiger partial charge in [0.1, 0.15) is 22.3 Å². The molecule has 0 amide bonds. The van der Waals surface area contributed by atoms with Crippen LogP contribution in [0.1, 0.15) is 0 Å². The monoisotopic (exact) mass is 626 g/mol. The quantitative estimate of drug-likeness (QED) is 0.195. The summed E-state index contributed by atoms with van der Waals surface area (Å²) in [5.41, 5.74) is 7.32. The molecule has 0 saturated carbocycles. The number of rotatable bonds is 3. The molecular weight excluding hydrogens is 604 g/mol. The Balaban J connectivity index is 1.38. The molecule has 0 atom stereocenters. The van der Waals surface area contributed by atoms with Crippen LogP contribution in [0.5, 0.6) is 0 Å². The Hall–Kier alpha value is -6.79. The van der Waals surface area contributed by atoms with Gasteiger partial charge in [-0.15, -0.1) is 0 Å². The van der Waals surface area contributed by atoms with E-state index in [0.29, 0.717) is 17.6 Å². The molecule has 0 fully saturated rings. The molecule has 0 bridgehead atoms. The molecule has 0 unspecified atom stereocenters. The maximum absolute atomic E-state index is 6.84. The second kappa shape index (κ2) is 8.97. The maximum Gasteiger partial charge on any atom is 0.238 e. The highest BCUT2D eigenvalue weighted by Crippen LogP contribution is 2.52. The van der Waals surface area contributed by atoms with Gasteiger partial charge in [-0.25, -0.2) is 4.98 Å².